The molecule has 0 saturated heterocycles. The molecule has 2 nitrogen and oxygen atoms in total. The van der Waals surface area contributed by atoms with Gasteiger partial charge in [-0.25, -0.2) is 0 Å². The first-order chi connectivity index (χ1) is 7.35. The number of methoxy groups -OCH3 is 2. The number of hydrogen-bond acceptors (Lipinski definition) is 2. The molecule has 2 rings (SSSR count). The molecule has 0 aromatic heterocycles. The number of allylic oxidation sites excluding steroid dienone is 4. The summed E-state index contributed by atoms with van der Waals surface area (Å²) < 4.78 is 10.5. The van der Waals surface area contributed by atoms with E-state index in [1.807, 2.05) is 30.4 Å². The summed E-state index contributed by atoms with van der Waals surface area (Å²) in [5, 5.41) is 0. The van der Waals surface area contributed by atoms with Crippen LogP contribution in [0.4, 0.5) is 0 Å². The minimum atomic E-state index is 0.301. The van der Waals surface area contributed by atoms with E-state index < -0.39 is 0 Å². The normalized spacial score (nSPS) is 14.5. The molecule has 1 aromatic carbocycles. The lowest BCUT2D eigenvalue weighted by Gasteiger charge is -2.13. The Morgan fingerprint density at radius 2 is 1.73 bits per heavy atom. The first kappa shape index (κ1) is 9.84. The van der Waals surface area contributed by atoms with Gasteiger partial charge >= 0.3 is 0 Å². The zero-order valence-electron chi connectivity index (χ0n) is 8.94. The van der Waals surface area contributed by atoms with Crippen molar-refractivity contribution in [3.8, 4) is 11.5 Å². The third-order valence-electron chi connectivity index (χ3n) is 2.54. The minimum Gasteiger partial charge on any atom is -0.497 e. The van der Waals surface area contributed by atoms with Gasteiger partial charge in [-0.05, 0) is 18.2 Å². The van der Waals surface area contributed by atoms with Crippen LogP contribution in [0.3, 0.4) is 0 Å². The van der Waals surface area contributed by atoms with Crippen LogP contribution in [-0.4, -0.2) is 14.2 Å². The quantitative estimate of drug-likeness (QED) is 0.750. The third kappa shape index (κ3) is 1.89. The molecule has 15 heavy (non-hydrogen) atoms. The van der Waals surface area contributed by atoms with Crippen molar-refractivity contribution in [2.24, 2.45) is 0 Å². The van der Waals surface area contributed by atoms with Crippen molar-refractivity contribution in [3.63, 3.8) is 0 Å². The van der Waals surface area contributed by atoms with Gasteiger partial charge in [0.2, 0.25) is 0 Å². The molecule has 2 heteroatoms. The highest BCUT2D eigenvalue weighted by atomic mass is 16.5. The van der Waals surface area contributed by atoms with Crippen LogP contribution in [0.5, 0.6) is 11.5 Å². The Kier molecular flexibility index (Phi) is 2.77. The molecule has 0 spiro atoms. The Morgan fingerprint density at radius 1 is 1.00 bits per heavy atom. The Labute approximate surface area is 89.8 Å². The molecule has 0 atom stereocenters. The molecule has 1 aliphatic rings. The van der Waals surface area contributed by atoms with Crippen LogP contribution in [0.25, 0.3) is 0 Å². The summed E-state index contributed by atoms with van der Waals surface area (Å²) in [6.07, 6.45) is 8.36. The zero-order valence-corrected chi connectivity index (χ0v) is 8.94. The van der Waals surface area contributed by atoms with Gasteiger partial charge in [-0.1, -0.05) is 24.3 Å². The van der Waals surface area contributed by atoms with Crippen LogP contribution in [0.15, 0.2) is 42.5 Å². The average Bonchev–Trinajstić information content (AvgIpc) is 2.81. The molecule has 0 N–H and O–H groups in total. The van der Waals surface area contributed by atoms with Crippen molar-refractivity contribution < 1.29 is 9.47 Å². The molecule has 0 radical (unpaired) electrons. The highest BCUT2D eigenvalue weighted by molar-refractivity contribution is 5.47. The lowest BCUT2D eigenvalue weighted by molar-refractivity contribution is 0.398. The van der Waals surface area contributed by atoms with E-state index in [9.17, 15) is 0 Å². The van der Waals surface area contributed by atoms with Crippen molar-refractivity contribution in [3.05, 3.63) is 48.1 Å². The van der Waals surface area contributed by atoms with Gasteiger partial charge in [-0.15, -0.1) is 0 Å². The maximum atomic E-state index is 5.33. The van der Waals surface area contributed by atoms with Crippen LogP contribution in [0.1, 0.15) is 11.5 Å². The topological polar surface area (TPSA) is 18.5 Å². The molecule has 0 aliphatic heterocycles. The molecule has 78 valence electrons. The van der Waals surface area contributed by atoms with Gasteiger partial charge < -0.3 is 9.47 Å². The maximum Gasteiger partial charge on any atom is 0.123 e. The largest absolute Gasteiger partial charge is 0.497 e. The van der Waals surface area contributed by atoms with Gasteiger partial charge in [0.15, 0.2) is 0 Å². The van der Waals surface area contributed by atoms with Crippen molar-refractivity contribution in [1.82, 2.24) is 0 Å². The lowest BCUT2D eigenvalue weighted by Crippen LogP contribution is -1.96. The average molecular weight is 202 g/mol. The Morgan fingerprint density at radius 3 is 2.33 bits per heavy atom. The Bertz CT molecular complexity index is 393. The highest BCUT2D eigenvalue weighted by Crippen LogP contribution is 2.33. The predicted molar refractivity (Wildman–Crippen MR) is 60.6 cm³/mol. The van der Waals surface area contributed by atoms with E-state index >= 15 is 0 Å². The van der Waals surface area contributed by atoms with Crippen molar-refractivity contribution in [2.45, 2.75) is 5.92 Å². The van der Waals surface area contributed by atoms with E-state index in [0.29, 0.717) is 5.92 Å². The molecule has 0 amide bonds. The van der Waals surface area contributed by atoms with E-state index in [1.165, 1.54) is 0 Å². The van der Waals surface area contributed by atoms with E-state index in [0.717, 1.165) is 17.1 Å². The number of hydrogen-bond donors (Lipinski definition) is 0. The monoisotopic (exact) mass is 202 g/mol. The van der Waals surface area contributed by atoms with Crippen LogP contribution in [0.2, 0.25) is 0 Å². The molecule has 0 bridgehead atoms. The second-order valence-electron chi connectivity index (χ2n) is 3.40. The van der Waals surface area contributed by atoms with Crippen LogP contribution in [0, 0.1) is 0 Å². The van der Waals surface area contributed by atoms with Crippen molar-refractivity contribution >= 4 is 0 Å². The van der Waals surface area contributed by atoms with E-state index in [-0.39, 0.29) is 0 Å². The second kappa shape index (κ2) is 4.22. The fraction of sp³-hybridized carbons (Fsp3) is 0.231. The molecule has 0 saturated carbocycles. The van der Waals surface area contributed by atoms with E-state index in [4.69, 9.17) is 9.47 Å². The lowest BCUT2D eigenvalue weighted by atomic mass is 9.99. The van der Waals surface area contributed by atoms with Crippen LogP contribution in [-0.2, 0) is 0 Å². The van der Waals surface area contributed by atoms with Gasteiger partial charge in [0.05, 0.1) is 14.2 Å². The summed E-state index contributed by atoms with van der Waals surface area (Å²) >= 11 is 0. The van der Waals surface area contributed by atoms with Crippen LogP contribution >= 0.6 is 0 Å². The molecular weight excluding hydrogens is 188 g/mol. The summed E-state index contributed by atoms with van der Waals surface area (Å²) in [6.45, 7) is 0. The number of ether oxygens (including phenoxy) is 2. The molecule has 0 unspecified atom stereocenters. The van der Waals surface area contributed by atoms with Gasteiger partial charge in [0.1, 0.15) is 11.5 Å². The summed E-state index contributed by atoms with van der Waals surface area (Å²) in [5.74, 6) is 2.06. The molecule has 1 aliphatic carbocycles. The SMILES string of the molecule is COc1ccc(OC)c(C2C=CC=C2)c1. The summed E-state index contributed by atoms with van der Waals surface area (Å²) in [7, 11) is 3.36. The molecular formula is C13H14O2. The highest BCUT2D eigenvalue weighted by Gasteiger charge is 2.13. The maximum absolute atomic E-state index is 5.33. The fourth-order valence-corrected chi connectivity index (χ4v) is 1.74. The molecule has 1 aromatic rings. The zero-order chi connectivity index (χ0) is 10.7. The first-order valence-electron chi connectivity index (χ1n) is 4.92. The third-order valence-corrected chi connectivity index (χ3v) is 2.54. The molecule has 0 fully saturated rings. The van der Waals surface area contributed by atoms with Gasteiger partial charge in [-0.2, -0.15) is 0 Å². The fourth-order valence-electron chi connectivity index (χ4n) is 1.74. The molecule has 0 heterocycles. The van der Waals surface area contributed by atoms with E-state index in [2.05, 4.69) is 12.2 Å². The van der Waals surface area contributed by atoms with Gasteiger partial charge in [0.25, 0.3) is 0 Å². The second-order valence-corrected chi connectivity index (χ2v) is 3.40. The van der Waals surface area contributed by atoms with Crippen molar-refractivity contribution in [1.29, 1.82) is 0 Å². The van der Waals surface area contributed by atoms with Crippen LogP contribution < -0.4 is 9.47 Å². The summed E-state index contributed by atoms with van der Waals surface area (Å²) in [6, 6.07) is 5.86. The minimum absolute atomic E-state index is 0.301. The summed E-state index contributed by atoms with van der Waals surface area (Å²) in [5.41, 5.74) is 1.14. The standard InChI is InChI=1S/C13H14O2/c1-14-11-7-8-13(15-2)12(9-11)10-5-3-4-6-10/h3-10H,1-2H3. The van der Waals surface area contributed by atoms with E-state index in [1.54, 1.807) is 14.2 Å². The number of rotatable bonds is 3. The smallest absolute Gasteiger partial charge is 0.123 e. The number of benzene rings is 1. The Hall–Kier alpha value is -1.70. The Balaban J connectivity index is 2.41. The van der Waals surface area contributed by atoms with Gasteiger partial charge in [0, 0.05) is 11.5 Å². The van der Waals surface area contributed by atoms with Gasteiger partial charge in [-0.3, -0.25) is 0 Å². The van der Waals surface area contributed by atoms with Crippen molar-refractivity contribution in [2.75, 3.05) is 14.2 Å². The predicted octanol–water partition coefficient (Wildman–Crippen LogP) is 2.91. The summed E-state index contributed by atoms with van der Waals surface area (Å²) in [4.78, 5) is 0. The first-order valence-corrected chi connectivity index (χ1v) is 4.92.